The molecule has 1 N–H and O–H groups in total. The van der Waals surface area contributed by atoms with Crippen molar-refractivity contribution in [1.29, 1.82) is 0 Å². The van der Waals surface area contributed by atoms with Crippen LogP contribution in [0.15, 0.2) is 18.2 Å². The second kappa shape index (κ2) is 4.33. The Hall–Kier alpha value is -1.62. The zero-order valence-electron chi connectivity index (χ0n) is 9.34. The highest BCUT2D eigenvalue weighted by molar-refractivity contribution is 7.71. The predicted octanol–water partition coefficient (Wildman–Crippen LogP) is 3.70. The highest BCUT2D eigenvalue weighted by Crippen LogP contribution is 2.19. The second-order valence-electron chi connectivity index (χ2n) is 3.77. The first-order chi connectivity index (χ1) is 7.99. The van der Waals surface area contributed by atoms with Gasteiger partial charge in [-0.25, -0.2) is 13.8 Å². The van der Waals surface area contributed by atoms with Gasteiger partial charge in [-0.1, -0.05) is 12.2 Å². The fraction of sp³-hybridized carbons (Fsp3) is 0.167. The van der Waals surface area contributed by atoms with Gasteiger partial charge in [-0.15, -0.1) is 0 Å². The van der Waals surface area contributed by atoms with E-state index in [0.29, 0.717) is 16.0 Å². The van der Waals surface area contributed by atoms with Crippen LogP contribution in [0.4, 0.5) is 8.78 Å². The van der Waals surface area contributed by atoms with Crippen molar-refractivity contribution < 1.29 is 8.78 Å². The summed E-state index contributed by atoms with van der Waals surface area (Å²) < 4.78 is 26.4. The van der Waals surface area contributed by atoms with E-state index >= 15 is 0 Å². The molecule has 0 amide bonds. The summed E-state index contributed by atoms with van der Waals surface area (Å²) in [6, 6.07) is 3.62. The first kappa shape index (κ1) is 11.9. The van der Waals surface area contributed by atoms with Crippen LogP contribution in [0.5, 0.6) is 0 Å². The minimum atomic E-state index is -0.901. The van der Waals surface area contributed by atoms with Crippen molar-refractivity contribution in [1.82, 2.24) is 9.97 Å². The second-order valence-corrected chi connectivity index (χ2v) is 4.16. The van der Waals surface area contributed by atoms with Gasteiger partial charge in [0, 0.05) is 16.8 Å². The third-order valence-electron chi connectivity index (χ3n) is 2.60. The molecule has 0 radical (unpaired) electrons. The van der Waals surface area contributed by atoms with Crippen LogP contribution in [0.3, 0.4) is 0 Å². The molecule has 2 aromatic rings. The summed E-state index contributed by atoms with van der Waals surface area (Å²) in [5.74, 6) is -1.34. The first-order valence-corrected chi connectivity index (χ1v) is 5.43. The van der Waals surface area contributed by atoms with Gasteiger partial charge >= 0.3 is 0 Å². The summed E-state index contributed by atoms with van der Waals surface area (Å²) in [4.78, 5) is 7.16. The maximum Gasteiger partial charge on any atom is 0.159 e. The number of benzene rings is 1. The molecule has 2 rings (SSSR count). The van der Waals surface area contributed by atoms with Gasteiger partial charge in [0.1, 0.15) is 10.5 Å². The van der Waals surface area contributed by atoms with Crippen molar-refractivity contribution in [2.75, 3.05) is 0 Å². The first-order valence-electron chi connectivity index (χ1n) is 5.02. The Labute approximate surface area is 102 Å². The van der Waals surface area contributed by atoms with Gasteiger partial charge in [-0.2, -0.15) is 0 Å². The average Bonchev–Trinajstić information content (AvgIpc) is 2.29. The molecule has 0 aliphatic heterocycles. The van der Waals surface area contributed by atoms with Gasteiger partial charge in [0.05, 0.1) is 0 Å². The van der Waals surface area contributed by atoms with Crippen LogP contribution in [0.1, 0.15) is 11.3 Å². The topological polar surface area (TPSA) is 28.7 Å². The SMILES string of the molecule is Cc1[nH]c(-c2ccc(F)c(F)c2)nc(=S)c1C. The third-order valence-corrected chi connectivity index (χ3v) is 2.99. The van der Waals surface area contributed by atoms with Crippen molar-refractivity contribution in [3.8, 4) is 11.4 Å². The van der Waals surface area contributed by atoms with E-state index < -0.39 is 11.6 Å². The maximum absolute atomic E-state index is 13.1. The molecule has 0 unspecified atom stereocenters. The number of nitrogens with one attached hydrogen (secondary N) is 1. The summed E-state index contributed by atoms with van der Waals surface area (Å²) in [6.07, 6.45) is 0. The standard InChI is InChI=1S/C12H10F2N2S/c1-6-7(2)15-11(16-12(6)17)8-3-4-9(13)10(14)5-8/h3-5H,1-2H3,(H,15,16,17). The monoisotopic (exact) mass is 252 g/mol. The van der Waals surface area contributed by atoms with Gasteiger partial charge in [0.25, 0.3) is 0 Å². The van der Waals surface area contributed by atoms with Crippen molar-refractivity contribution in [3.05, 3.63) is 45.7 Å². The number of hydrogen-bond donors (Lipinski definition) is 1. The lowest BCUT2D eigenvalue weighted by molar-refractivity contribution is 0.509. The van der Waals surface area contributed by atoms with Gasteiger partial charge in [-0.05, 0) is 32.0 Å². The third kappa shape index (κ3) is 2.24. The van der Waals surface area contributed by atoms with Gasteiger partial charge in [0.2, 0.25) is 0 Å². The normalized spacial score (nSPS) is 10.6. The van der Waals surface area contributed by atoms with Gasteiger partial charge in [-0.3, -0.25) is 0 Å². The van der Waals surface area contributed by atoms with E-state index in [2.05, 4.69) is 9.97 Å². The molecular weight excluding hydrogens is 242 g/mol. The Morgan fingerprint density at radius 1 is 1.18 bits per heavy atom. The molecule has 0 fully saturated rings. The highest BCUT2D eigenvalue weighted by Gasteiger charge is 2.07. The molecular formula is C12H10F2N2S. The quantitative estimate of drug-likeness (QED) is 0.784. The Bertz CT molecular complexity index is 635. The minimum Gasteiger partial charge on any atom is -0.343 e. The molecule has 0 saturated carbocycles. The zero-order valence-corrected chi connectivity index (χ0v) is 10.2. The van der Waals surface area contributed by atoms with Gasteiger partial charge in [0.15, 0.2) is 11.6 Å². The summed E-state index contributed by atoms with van der Waals surface area (Å²) in [6.45, 7) is 3.71. The van der Waals surface area contributed by atoms with E-state index in [4.69, 9.17) is 12.2 Å². The van der Waals surface area contributed by atoms with Crippen LogP contribution in [0, 0.1) is 30.1 Å². The van der Waals surface area contributed by atoms with Crippen LogP contribution in [-0.4, -0.2) is 9.97 Å². The molecule has 0 aliphatic carbocycles. The number of H-pyrrole nitrogens is 1. The number of rotatable bonds is 1. The fourth-order valence-electron chi connectivity index (χ4n) is 1.43. The molecule has 88 valence electrons. The van der Waals surface area contributed by atoms with Crippen LogP contribution in [-0.2, 0) is 0 Å². The number of halogens is 2. The fourth-order valence-corrected chi connectivity index (χ4v) is 1.67. The molecule has 5 heteroatoms. The molecule has 2 nitrogen and oxygen atoms in total. The predicted molar refractivity (Wildman–Crippen MR) is 64.2 cm³/mol. The Morgan fingerprint density at radius 2 is 1.88 bits per heavy atom. The molecule has 0 saturated heterocycles. The number of hydrogen-bond acceptors (Lipinski definition) is 2. The van der Waals surface area contributed by atoms with E-state index in [1.165, 1.54) is 6.07 Å². The lowest BCUT2D eigenvalue weighted by atomic mass is 10.2. The van der Waals surface area contributed by atoms with E-state index in [9.17, 15) is 8.78 Å². The van der Waals surface area contributed by atoms with Gasteiger partial charge < -0.3 is 4.98 Å². The zero-order chi connectivity index (χ0) is 12.6. The largest absolute Gasteiger partial charge is 0.343 e. The van der Waals surface area contributed by atoms with Crippen molar-refractivity contribution in [2.45, 2.75) is 13.8 Å². The Morgan fingerprint density at radius 3 is 2.47 bits per heavy atom. The molecule has 17 heavy (non-hydrogen) atoms. The average molecular weight is 252 g/mol. The number of nitrogens with zero attached hydrogens (tertiary/aromatic N) is 1. The van der Waals surface area contributed by atoms with Crippen LogP contribution in [0.2, 0.25) is 0 Å². The Balaban J connectivity index is 2.61. The minimum absolute atomic E-state index is 0.442. The van der Waals surface area contributed by atoms with E-state index in [1.54, 1.807) is 0 Å². The smallest absolute Gasteiger partial charge is 0.159 e. The molecule has 0 aliphatic rings. The van der Waals surface area contributed by atoms with Crippen LogP contribution < -0.4 is 0 Å². The summed E-state index contributed by atoms with van der Waals surface area (Å²) in [5, 5.41) is 0. The Kier molecular flexibility index (Phi) is 3.02. The summed E-state index contributed by atoms with van der Waals surface area (Å²) in [7, 11) is 0. The summed E-state index contributed by atoms with van der Waals surface area (Å²) >= 11 is 5.09. The van der Waals surface area contributed by atoms with Crippen molar-refractivity contribution in [2.24, 2.45) is 0 Å². The summed E-state index contributed by atoms with van der Waals surface area (Å²) in [5.41, 5.74) is 2.22. The molecule has 1 heterocycles. The van der Waals surface area contributed by atoms with Crippen LogP contribution >= 0.6 is 12.2 Å². The molecule has 0 spiro atoms. The number of aromatic amines is 1. The number of aromatic nitrogens is 2. The van der Waals surface area contributed by atoms with E-state index in [-0.39, 0.29) is 0 Å². The van der Waals surface area contributed by atoms with Crippen molar-refractivity contribution in [3.63, 3.8) is 0 Å². The highest BCUT2D eigenvalue weighted by atomic mass is 32.1. The lowest BCUT2D eigenvalue weighted by Gasteiger charge is -2.06. The molecule has 0 bridgehead atoms. The van der Waals surface area contributed by atoms with Crippen LogP contribution in [0.25, 0.3) is 11.4 Å². The molecule has 1 aromatic heterocycles. The molecule has 1 aromatic carbocycles. The molecule has 0 atom stereocenters. The van der Waals surface area contributed by atoms with E-state index in [1.807, 2.05) is 13.8 Å². The van der Waals surface area contributed by atoms with E-state index in [0.717, 1.165) is 23.4 Å². The maximum atomic E-state index is 13.1. The lowest BCUT2D eigenvalue weighted by Crippen LogP contribution is -1.97. The number of aryl methyl sites for hydroxylation is 1. The van der Waals surface area contributed by atoms with Crippen molar-refractivity contribution >= 4 is 12.2 Å².